The van der Waals surface area contributed by atoms with E-state index in [1.165, 1.54) is 21.9 Å². The van der Waals surface area contributed by atoms with Crippen molar-refractivity contribution < 1.29 is 0 Å². The van der Waals surface area contributed by atoms with Gasteiger partial charge in [-0.3, -0.25) is 0 Å². The van der Waals surface area contributed by atoms with Gasteiger partial charge in [0, 0.05) is 4.47 Å². The molecule has 1 nitrogen and oxygen atoms in total. The van der Waals surface area contributed by atoms with Crippen LogP contribution < -0.4 is 5.32 Å². The number of nitrogens with one attached hydrogen (secondary N) is 1. The van der Waals surface area contributed by atoms with E-state index in [1.54, 1.807) is 11.3 Å². The second kappa shape index (κ2) is 6.73. The molecule has 2 aromatic carbocycles. The third-order valence-electron chi connectivity index (χ3n) is 3.69. The number of hydrogen-bond donors (Lipinski definition) is 1. The van der Waals surface area contributed by atoms with Gasteiger partial charge in [0.1, 0.15) is 0 Å². The van der Waals surface area contributed by atoms with E-state index in [0.717, 1.165) is 17.4 Å². The summed E-state index contributed by atoms with van der Waals surface area (Å²) < 4.78 is 1.15. The van der Waals surface area contributed by atoms with Gasteiger partial charge in [-0.2, -0.15) is 11.3 Å². The Bertz CT molecular complexity index is 721. The Morgan fingerprint density at radius 2 is 1.90 bits per heavy atom. The molecule has 0 aliphatic rings. The summed E-state index contributed by atoms with van der Waals surface area (Å²) >= 11 is 5.42. The van der Waals surface area contributed by atoms with Crippen molar-refractivity contribution >= 4 is 38.0 Å². The van der Waals surface area contributed by atoms with Crippen LogP contribution in [0, 0.1) is 0 Å². The lowest BCUT2D eigenvalue weighted by molar-refractivity contribution is 0.603. The molecule has 0 saturated heterocycles. The minimum Gasteiger partial charge on any atom is -0.306 e. The average Bonchev–Trinajstić information content (AvgIpc) is 3.04. The quantitative estimate of drug-likeness (QED) is 0.611. The van der Waals surface area contributed by atoms with Crippen LogP contribution in [0.2, 0.25) is 0 Å². The molecule has 0 spiro atoms. The normalized spacial score (nSPS) is 12.7. The third-order valence-corrected chi connectivity index (χ3v) is 5.08. The van der Waals surface area contributed by atoms with Gasteiger partial charge in [-0.25, -0.2) is 0 Å². The molecule has 1 unspecified atom stereocenters. The molecular formula is C18H18BrNS. The predicted octanol–water partition coefficient (Wildman–Crippen LogP) is 5.75. The maximum atomic E-state index is 3.69. The minimum atomic E-state index is 0.259. The Balaban J connectivity index is 2.13. The van der Waals surface area contributed by atoms with Gasteiger partial charge in [-0.1, -0.05) is 53.2 Å². The van der Waals surface area contributed by atoms with E-state index in [-0.39, 0.29) is 6.04 Å². The summed E-state index contributed by atoms with van der Waals surface area (Å²) in [6, 6.07) is 15.5. The molecule has 0 radical (unpaired) electrons. The van der Waals surface area contributed by atoms with Crippen LogP contribution in [0.5, 0.6) is 0 Å². The van der Waals surface area contributed by atoms with Gasteiger partial charge >= 0.3 is 0 Å². The zero-order valence-electron chi connectivity index (χ0n) is 12.0. The van der Waals surface area contributed by atoms with Gasteiger partial charge in [0.05, 0.1) is 6.04 Å². The summed E-state index contributed by atoms with van der Waals surface area (Å²) in [5, 5.41) is 10.7. The average molecular weight is 360 g/mol. The highest BCUT2D eigenvalue weighted by atomic mass is 79.9. The van der Waals surface area contributed by atoms with Crippen LogP contribution in [0.3, 0.4) is 0 Å². The Kier molecular flexibility index (Phi) is 4.73. The Labute approximate surface area is 138 Å². The summed E-state index contributed by atoms with van der Waals surface area (Å²) in [7, 11) is 0. The van der Waals surface area contributed by atoms with Crippen LogP contribution in [0.25, 0.3) is 10.8 Å². The molecule has 1 atom stereocenters. The summed E-state index contributed by atoms with van der Waals surface area (Å²) in [6.07, 6.45) is 1.13. The van der Waals surface area contributed by atoms with Gasteiger partial charge in [0.15, 0.2) is 0 Å². The SMILES string of the molecule is CCCNC(c1ccsc1)c1ccc(Br)c2ccccc12. The van der Waals surface area contributed by atoms with Crippen LogP contribution >= 0.6 is 27.3 Å². The van der Waals surface area contributed by atoms with Crippen LogP contribution in [0.4, 0.5) is 0 Å². The second-order valence-electron chi connectivity index (χ2n) is 5.13. The first-order chi connectivity index (χ1) is 10.3. The zero-order chi connectivity index (χ0) is 14.7. The molecule has 21 heavy (non-hydrogen) atoms. The molecule has 0 bridgehead atoms. The largest absolute Gasteiger partial charge is 0.306 e. The standard InChI is InChI=1S/C18H18BrNS/c1-2-10-20-18(13-9-11-21-12-13)16-7-8-17(19)15-6-4-3-5-14(15)16/h3-9,11-12,18,20H,2,10H2,1H3. The van der Waals surface area contributed by atoms with Gasteiger partial charge in [-0.15, -0.1) is 0 Å². The Morgan fingerprint density at radius 1 is 1.10 bits per heavy atom. The van der Waals surface area contributed by atoms with Crippen LogP contribution in [0.15, 0.2) is 57.7 Å². The van der Waals surface area contributed by atoms with Gasteiger partial charge in [0.2, 0.25) is 0 Å². The maximum Gasteiger partial charge on any atom is 0.0591 e. The van der Waals surface area contributed by atoms with Crippen molar-refractivity contribution in [2.45, 2.75) is 19.4 Å². The van der Waals surface area contributed by atoms with Crippen LogP contribution in [0.1, 0.15) is 30.5 Å². The van der Waals surface area contributed by atoms with Gasteiger partial charge in [0.25, 0.3) is 0 Å². The van der Waals surface area contributed by atoms with Crippen molar-refractivity contribution in [3.8, 4) is 0 Å². The molecular weight excluding hydrogens is 342 g/mol. The third kappa shape index (κ3) is 3.05. The molecule has 1 aromatic heterocycles. The van der Waals surface area contributed by atoms with E-state index in [0.29, 0.717) is 0 Å². The van der Waals surface area contributed by atoms with Gasteiger partial charge in [-0.05, 0) is 57.8 Å². The van der Waals surface area contributed by atoms with E-state index >= 15 is 0 Å². The first kappa shape index (κ1) is 14.8. The summed E-state index contributed by atoms with van der Waals surface area (Å²) in [6.45, 7) is 3.22. The lowest BCUT2D eigenvalue weighted by atomic mass is 9.95. The number of benzene rings is 2. The number of hydrogen-bond acceptors (Lipinski definition) is 2. The summed E-state index contributed by atoms with van der Waals surface area (Å²) in [4.78, 5) is 0. The minimum absolute atomic E-state index is 0.259. The van der Waals surface area contributed by atoms with E-state index in [1.807, 2.05) is 0 Å². The van der Waals surface area contributed by atoms with Gasteiger partial charge < -0.3 is 5.32 Å². The fraction of sp³-hybridized carbons (Fsp3) is 0.222. The topological polar surface area (TPSA) is 12.0 Å². The number of halogens is 1. The smallest absolute Gasteiger partial charge is 0.0591 e. The van der Waals surface area contributed by atoms with Crippen molar-refractivity contribution in [1.29, 1.82) is 0 Å². The molecule has 0 aliphatic carbocycles. The highest BCUT2D eigenvalue weighted by molar-refractivity contribution is 9.10. The Hall–Kier alpha value is -1.16. The number of rotatable bonds is 5. The molecule has 108 valence electrons. The Morgan fingerprint density at radius 3 is 2.62 bits per heavy atom. The van der Waals surface area contributed by atoms with Crippen molar-refractivity contribution in [3.63, 3.8) is 0 Å². The first-order valence-electron chi connectivity index (χ1n) is 7.24. The maximum absolute atomic E-state index is 3.69. The van der Waals surface area contributed by atoms with Crippen LogP contribution in [-0.4, -0.2) is 6.54 Å². The highest BCUT2D eigenvalue weighted by Crippen LogP contribution is 2.33. The lowest BCUT2D eigenvalue weighted by Crippen LogP contribution is -2.23. The molecule has 0 aliphatic heterocycles. The zero-order valence-corrected chi connectivity index (χ0v) is 14.4. The predicted molar refractivity (Wildman–Crippen MR) is 96.1 cm³/mol. The summed E-state index contributed by atoms with van der Waals surface area (Å²) in [5.74, 6) is 0. The van der Waals surface area contributed by atoms with E-state index in [2.05, 4.69) is 81.4 Å². The molecule has 1 heterocycles. The lowest BCUT2D eigenvalue weighted by Gasteiger charge is -2.20. The fourth-order valence-corrected chi connectivity index (χ4v) is 3.84. The molecule has 3 heteroatoms. The van der Waals surface area contributed by atoms with Crippen molar-refractivity contribution in [2.75, 3.05) is 6.54 Å². The van der Waals surface area contributed by atoms with Crippen molar-refractivity contribution in [1.82, 2.24) is 5.32 Å². The molecule has 1 N–H and O–H groups in total. The van der Waals surface area contributed by atoms with Crippen molar-refractivity contribution in [2.24, 2.45) is 0 Å². The van der Waals surface area contributed by atoms with Crippen LogP contribution in [-0.2, 0) is 0 Å². The molecule has 0 saturated carbocycles. The monoisotopic (exact) mass is 359 g/mol. The molecule has 3 rings (SSSR count). The van der Waals surface area contributed by atoms with E-state index < -0.39 is 0 Å². The highest BCUT2D eigenvalue weighted by Gasteiger charge is 2.17. The van der Waals surface area contributed by atoms with E-state index in [4.69, 9.17) is 0 Å². The fourth-order valence-electron chi connectivity index (χ4n) is 2.67. The number of thiophene rings is 1. The van der Waals surface area contributed by atoms with Crippen molar-refractivity contribution in [3.05, 3.63) is 68.8 Å². The number of fused-ring (bicyclic) bond motifs is 1. The molecule has 0 fully saturated rings. The second-order valence-corrected chi connectivity index (χ2v) is 6.76. The van der Waals surface area contributed by atoms with E-state index in [9.17, 15) is 0 Å². The summed E-state index contributed by atoms with van der Waals surface area (Å²) in [5.41, 5.74) is 2.70. The molecule has 3 aromatic rings. The first-order valence-corrected chi connectivity index (χ1v) is 8.97. The molecule has 0 amide bonds.